The molecule has 1 atom stereocenters. The van der Waals surface area contributed by atoms with Crippen molar-refractivity contribution in [3.05, 3.63) is 23.8 Å². The minimum absolute atomic E-state index is 0.401. The third-order valence-electron chi connectivity index (χ3n) is 3.86. The Bertz CT molecular complexity index is 341. The molecule has 1 aromatic rings. The molecule has 1 aliphatic carbocycles. The van der Waals surface area contributed by atoms with Crippen LogP contribution in [0.4, 0.5) is 0 Å². The van der Waals surface area contributed by atoms with Crippen molar-refractivity contribution in [2.75, 3.05) is 6.54 Å². The Morgan fingerprint density at radius 3 is 2.61 bits per heavy atom. The summed E-state index contributed by atoms with van der Waals surface area (Å²) in [7, 11) is 0. The number of rotatable bonds is 5. The highest BCUT2D eigenvalue weighted by Crippen LogP contribution is 2.33. The first-order valence-electron chi connectivity index (χ1n) is 7.33. The second-order valence-corrected chi connectivity index (χ2v) is 5.41. The Kier molecular flexibility index (Phi) is 5.12. The summed E-state index contributed by atoms with van der Waals surface area (Å²) in [4.78, 5) is 8.98. The average molecular weight is 247 g/mol. The molecule has 0 spiro atoms. The van der Waals surface area contributed by atoms with Crippen molar-refractivity contribution >= 4 is 0 Å². The third kappa shape index (κ3) is 3.52. The van der Waals surface area contributed by atoms with Crippen molar-refractivity contribution in [3.63, 3.8) is 0 Å². The number of hydrogen-bond donors (Lipinski definition) is 1. The second-order valence-electron chi connectivity index (χ2n) is 5.41. The van der Waals surface area contributed by atoms with E-state index in [2.05, 4.69) is 22.2 Å². The lowest BCUT2D eigenvalue weighted by molar-refractivity contribution is 0.267. The topological polar surface area (TPSA) is 37.8 Å². The molecule has 3 nitrogen and oxygen atoms in total. The van der Waals surface area contributed by atoms with Crippen LogP contribution >= 0.6 is 0 Å². The van der Waals surface area contributed by atoms with E-state index in [-0.39, 0.29) is 0 Å². The van der Waals surface area contributed by atoms with Crippen LogP contribution in [0.15, 0.2) is 12.4 Å². The molecular formula is C15H25N3. The van der Waals surface area contributed by atoms with Gasteiger partial charge in [-0.15, -0.1) is 0 Å². The normalized spacial score (nSPS) is 18.8. The van der Waals surface area contributed by atoms with Gasteiger partial charge in [0.15, 0.2) is 0 Å². The van der Waals surface area contributed by atoms with Gasteiger partial charge in [0.25, 0.3) is 0 Å². The molecule has 0 saturated heterocycles. The molecule has 100 valence electrons. The minimum atomic E-state index is 0.401. The molecule has 1 aliphatic rings. The molecule has 0 bridgehead atoms. The van der Waals surface area contributed by atoms with E-state index in [9.17, 15) is 0 Å². The molecule has 1 aromatic heterocycles. The van der Waals surface area contributed by atoms with Crippen LogP contribution in [0, 0.1) is 12.8 Å². The van der Waals surface area contributed by atoms with Gasteiger partial charge in [0.1, 0.15) is 0 Å². The Morgan fingerprint density at radius 1 is 1.22 bits per heavy atom. The SMILES string of the molecule is CCCNC(c1cnc(C)cn1)C1CCCCC1. The van der Waals surface area contributed by atoms with Crippen molar-refractivity contribution in [1.82, 2.24) is 15.3 Å². The van der Waals surface area contributed by atoms with Crippen LogP contribution in [-0.4, -0.2) is 16.5 Å². The number of nitrogens with one attached hydrogen (secondary N) is 1. The lowest BCUT2D eigenvalue weighted by Crippen LogP contribution is -2.31. The zero-order valence-electron chi connectivity index (χ0n) is 11.7. The fourth-order valence-electron chi connectivity index (χ4n) is 2.84. The predicted octanol–water partition coefficient (Wildman–Crippen LogP) is 3.41. The number of aromatic nitrogens is 2. The van der Waals surface area contributed by atoms with Gasteiger partial charge < -0.3 is 5.32 Å². The van der Waals surface area contributed by atoms with Crippen LogP contribution in [0.2, 0.25) is 0 Å². The van der Waals surface area contributed by atoms with E-state index in [1.807, 2.05) is 19.3 Å². The molecule has 2 rings (SSSR count). The summed E-state index contributed by atoms with van der Waals surface area (Å²) in [5.41, 5.74) is 2.12. The van der Waals surface area contributed by atoms with E-state index in [1.54, 1.807) is 0 Å². The average Bonchev–Trinajstić information content (AvgIpc) is 2.42. The van der Waals surface area contributed by atoms with Gasteiger partial charge in [0, 0.05) is 6.20 Å². The Hall–Kier alpha value is -0.960. The van der Waals surface area contributed by atoms with E-state index in [0.29, 0.717) is 6.04 Å². The molecule has 0 aromatic carbocycles. The highest BCUT2D eigenvalue weighted by molar-refractivity contribution is 5.07. The molecule has 1 unspecified atom stereocenters. The van der Waals surface area contributed by atoms with Gasteiger partial charge >= 0.3 is 0 Å². The third-order valence-corrected chi connectivity index (χ3v) is 3.86. The summed E-state index contributed by atoms with van der Waals surface area (Å²) in [5, 5.41) is 3.67. The molecule has 0 aliphatic heterocycles. The van der Waals surface area contributed by atoms with Crippen LogP contribution in [-0.2, 0) is 0 Å². The van der Waals surface area contributed by atoms with E-state index in [0.717, 1.165) is 23.9 Å². The largest absolute Gasteiger partial charge is 0.308 e. The van der Waals surface area contributed by atoms with E-state index in [4.69, 9.17) is 0 Å². The van der Waals surface area contributed by atoms with Crippen LogP contribution in [0.25, 0.3) is 0 Å². The molecular weight excluding hydrogens is 222 g/mol. The van der Waals surface area contributed by atoms with Gasteiger partial charge in [0.05, 0.1) is 23.6 Å². The Balaban J connectivity index is 2.10. The molecule has 18 heavy (non-hydrogen) atoms. The number of nitrogens with zero attached hydrogens (tertiary/aromatic N) is 2. The molecule has 1 N–H and O–H groups in total. The van der Waals surface area contributed by atoms with Gasteiger partial charge in [-0.3, -0.25) is 9.97 Å². The minimum Gasteiger partial charge on any atom is -0.308 e. The predicted molar refractivity (Wildman–Crippen MR) is 74.4 cm³/mol. The summed E-state index contributed by atoms with van der Waals surface area (Å²) >= 11 is 0. The van der Waals surface area contributed by atoms with E-state index < -0.39 is 0 Å². The van der Waals surface area contributed by atoms with Gasteiger partial charge in [-0.25, -0.2) is 0 Å². The van der Waals surface area contributed by atoms with E-state index >= 15 is 0 Å². The maximum atomic E-state index is 4.58. The van der Waals surface area contributed by atoms with Gasteiger partial charge in [-0.05, 0) is 38.6 Å². The Labute approximate surface area is 110 Å². The number of aryl methyl sites for hydroxylation is 1. The molecule has 1 fully saturated rings. The van der Waals surface area contributed by atoms with Crippen molar-refractivity contribution in [3.8, 4) is 0 Å². The quantitative estimate of drug-likeness (QED) is 0.866. The van der Waals surface area contributed by atoms with Gasteiger partial charge in [-0.2, -0.15) is 0 Å². The van der Waals surface area contributed by atoms with Gasteiger partial charge in [0.2, 0.25) is 0 Å². The summed E-state index contributed by atoms with van der Waals surface area (Å²) in [6.45, 7) is 5.27. The first kappa shape index (κ1) is 13.5. The van der Waals surface area contributed by atoms with Crippen LogP contribution in [0.1, 0.15) is 62.9 Å². The molecule has 1 saturated carbocycles. The summed E-state index contributed by atoms with van der Waals surface area (Å²) in [5.74, 6) is 0.738. The summed E-state index contributed by atoms with van der Waals surface area (Å²) in [6, 6.07) is 0.401. The Morgan fingerprint density at radius 2 is 2.00 bits per heavy atom. The van der Waals surface area contributed by atoms with Crippen LogP contribution in [0.5, 0.6) is 0 Å². The first-order valence-corrected chi connectivity index (χ1v) is 7.33. The lowest BCUT2D eigenvalue weighted by atomic mass is 9.82. The van der Waals surface area contributed by atoms with Gasteiger partial charge in [-0.1, -0.05) is 26.2 Å². The van der Waals surface area contributed by atoms with Crippen LogP contribution in [0.3, 0.4) is 0 Å². The molecule has 0 amide bonds. The smallest absolute Gasteiger partial charge is 0.0759 e. The fourth-order valence-corrected chi connectivity index (χ4v) is 2.84. The summed E-state index contributed by atoms with van der Waals surface area (Å²) in [6.07, 6.45) is 11.8. The van der Waals surface area contributed by atoms with Crippen molar-refractivity contribution in [1.29, 1.82) is 0 Å². The van der Waals surface area contributed by atoms with Crippen molar-refractivity contribution in [2.45, 2.75) is 58.4 Å². The summed E-state index contributed by atoms with van der Waals surface area (Å²) < 4.78 is 0. The van der Waals surface area contributed by atoms with Crippen LogP contribution < -0.4 is 5.32 Å². The number of hydrogen-bond acceptors (Lipinski definition) is 3. The lowest BCUT2D eigenvalue weighted by Gasteiger charge is -2.30. The van der Waals surface area contributed by atoms with Crippen molar-refractivity contribution < 1.29 is 0 Å². The van der Waals surface area contributed by atoms with E-state index in [1.165, 1.54) is 38.5 Å². The molecule has 1 heterocycles. The first-order chi connectivity index (χ1) is 8.81. The zero-order chi connectivity index (χ0) is 12.8. The highest BCUT2D eigenvalue weighted by atomic mass is 15.0. The molecule has 3 heteroatoms. The zero-order valence-corrected chi connectivity index (χ0v) is 11.7. The fraction of sp³-hybridized carbons (Fsp3) is 0.733. The maximum Gasteiger partial charge on any atom is 0.0759 e. The second kappa shape index (κ2) is 6.83. The monoisotopic (exact) mass is 247 g/mol. The molecule has 0 radical (unpaired) electrons. The maximum absolute atomic E-state index is 4.58. The standard InChI is InChI=1S/C15H25N3/c1-3-9-16-15(13-7-5-4-6-8-13)14-11-17-12(2)10-18-14/h10-11,13,15-16H,3-9H2,1-2H3. The van der Waals surface area contributed by atoms with Crippen molar-refractivity contribution in [2.24, 2.45) is 5.92 Å². The highest BCUT2D eigenvalue weighted by Gasteiger charge is 2.25.